The van der Waals surface area contributed by atoms with E-state index < -0.39 is 0 Å². The summed E-state index contributed by atoms with van der Waals surface area (Å²) >= 11 is 0. The van der Waals surface area contributed by atoms with Gasteiger partial charge in [-0.3, -0.25) is 9.69 Å². The lowest BCUT2D eigenvalue weighted by molar-refractivity contribution is -0.139. The van der Waals surface area contributed by atoms with Gasteiger partial charge in [0.05, 0.1) is 0 Å². The van der Waals surface area contributed by atoms with Gasteiger partial charge in [0.15, 0.2) is 6.61 Å². The van der Waals surface area contributed by atoms with Crippen LogP contribution in [0.25, 0.3) is 0 Å². The summed E-state index contributed by atoms with van der Waals surface area (Å²) in [5.41, 5.74) is 3.42. The van der Waals surface area contributed by atoms with Crippen LogP contribution in [0.3, 0.4) is 0 Å². The zero-order valence-electron chi connectivity index (χ0n) is 22.1. The Hall–Kier alpha value is -2.40. The van der Waals surface area contributed by atoms with Gasteiger partial charge in [-0.15, -0.1) is 0 Å². The van der Waals surface area contributed by atoms with E-state index in [9.17, 15) is 9.18 Å². The third-order valence-corrected chi connectivity index (χ3v) is 6.74. The maximum absolute atomic E-state index is 13.2. The van der Waals surface area contributed by atoms with Gasteiger partial charge in [-0.05, 0) is 59.6 Å². The fourth-order valence-electron chi connectivity index (χ4n) is 4.52. The number of rotatable bonds is 5. The van der Waals surface area contributed by atoms with Crippen LogP contribution in [0.15, 0.2) is 42.5 Å². The Balaban J connectivity index is 1.65. The van der Waals surface area contributed by atoms with E-state index in [1.165, 1.54) is 17.7 Å². The summed E-state index contributed by atoms with van der Waals surface area (Å²) in [6, 6.07) is 13.3. The molecule has 0 saturated carbocycles. The average molecular weight is 469 g/mol. The van der Waals surface area contributed by atoms with Crippen molar-refractivity contribution in [1.29, 1.82) is 0 Å². The monoisotopic (exact) mass is 468 g/mol. The highest BCUT2D eigenvalue weighted by atomic mass is 19.1. The smallest absolute Gasteiger partial charge is 0.260 e. The zero-order chi connectivity index (χ0) is 25.3. The molecule has 2 atom stereocenters. The number of benzene rings is 2. The molecule has 0 radical (unpaired) electrons. The van der Waals surface area contributed by atoms with Gasteiger partial charge in [-0.1, -0.05) is 65.8 Å². The largest absolute Gasteiger partial charge is 0.483 e. The van der Waals surface area contributed by atoms with Crippen molar-refractivity contribution in [1.82, 2.24) is 9.80 Å². The fraction of sp³-hybridized carbons (Fsp3) is 0.552. The van der Waals surface area contributed by atoms with Crippen molar-refractivity contribution < 1.29 is 13.9 Å². The Kier molecular flexibility index (Phi) is 7.76. The van der Waals surface area contributed by atoms with Crippen LogP contribution >= 0.6 is 0 Å². The quantitative estimate of drug-likeness (QED) is 0.546. The third-order valence-electron chi connectivity index (χ3n) is 6.74. The molecule has 1 aliphatic heterocycles. The molecule has 2 aromatic carbocycles. The van der Waals surface area contributed by atoms with Crippen LogP contribution in [0.4, 0.5) is 4.39 Å². The number of hydrogen-bond donors (Lipinski definition) is 0. The highest BCUT2D eigenvalue weighted by molar-refractivity contribution is 5.78. The summed E-state index contributed by atoms with van der Waals surface area (Å²) in [5.74, 6) is 0.577. The summed E-state index contributed by atoms with van der Waals surface area (Å²) in [4.78, 5) is 17.4. The molecule has 0 aromatic heterocycles. The molecule has 1 aliphatic rings. The molecule has 2 unspecified atom stereocenters. The molecule has 4 nitrogen and oxygen atoms in total. The molecule has 3 rings (SSSR count). The Morgan fingerprint density at radius 3 is 2.18 bits per heavy atom. The Morgan fingerprint density at radius 1 is 0.941 bits per heavy atom. The summed E-state index contributed by atoms with van der Waals surface area (Å²) in [5, 5.41) is 0. The second-order valence-electron chi connectivity index (χ2n) is 11.8. The lowest BCUT2D eigenvalue weighted by Crippen LogP contribution is -2.58. The first-order chi connectivity index (χ1) is 15.8. The second-order valence-corrected chi connectivity index (χ2v) is 11.8. The zero-order valence-corrected chi connectivity index (χ0v) is 22.1. The van der Waals surface area contributed by atoms with E-state index in [4.69, 9.17) is 4.74 Å². The first-order valence-corrected chi connectivity index (χ1v) is 12.3. The number of carbonyl (C=O) groups is 1. The molecule has 1 heterocycles. The molecule has 0 spiro atoms. The molecule has 2 aromatic rings. The third kappa shape index (κ3) is 6.38. The molecule has 1 amide bonds. The Bertz CT molecular complexity index is 989. The van der Waals surface area contributed by atoms with Crippen molar-refractivity contribution in [2.45, 2.75) is 84.8 Å². The second kappa shape index (κ2) is 10.1. The minimum atomic E-state index is -0.219. The SMILES string of the molecule is CC1CN(C(=O)COc2ccc(C(C)(C)C)cc2C(C)(C)C)C(C)CN1Cc1ccc(F)cc1. The minimum Gasteiger partial charge on any atom is -0.483 e. The van der Waals surface area contributed by atoms with Gasteiger partial charge < -0.3 is 9.64 Å². The van der Waals surface area contributed by atoms with Gasteiger partial charge in [0, 0.05) is 31.7 Å². The van der Waals surface area contributed by atoms with E-state index >= 15 is 0 Å². The first kappa shape index (κ1) is 26.2. The number of amides is 1. The van der Waals surface area contributed by atoms with E-state index in [2.05, 4.69) is 72.4 Å². The maximum Gasteiger partial charge on any atom is 0.260 e. The summed E-state index contributed by atoms with van der Waals surface area (Å²) in [7, 11) is 0. The molecule has 186 valence electrons. The molecular formula is C29H41FN2O2. The summed E-state index contributed by atoms with van der Waals surface area (Å²) < 4.78 is 19.4. The van der Waals surface area contributed by atoms with Crippen LogP contribution in [-0.2, 0) is 22.2 Å². The van der Waals surface area contributed by atoms with E-state index in [1.54, 1.807) is 0 Å². The van der Waals surface area contributed by atoms with Crippen LogP contribution in [0.5, 0.6) is 5.75 Å². The van der Waals surface area contributed by atoms with Crippen molar-refractivity contribution in [3.63, 3.8) is 0 Å². The standard InChI is InChI=1S/C29H41FN2O2/c1-20-17-32(21(2)16-31(20)18-22-9-12-24(30)13-10-22)27(33)19-34-26-14-11-23(28(3,4)5)15-25(26)29(6,7)8/h9-15,20-21H,16-19H2,1-8H3. The number of piperazine rings is 1. The highest BCUT2D eigenvalue weighted by Gasteiger charge is 2.32. The van der Waals surface area contributed by atoms with Gasteiger partial charge >= 0.3 is 0 Å². The molecule has 0 bridgehead atoms. The summed E-state index contributed by atoms with van der Waals surface area (Å²) in [6.07, 6.45) is 0. The first-order valence-electron chi connectivity index (χ1n) is 12.3. The van der Waals surface area contributed by atoms with Crippen LogP contribution < -0.4 is 4.74 Å². The van der Waals surface area contributed by atoms with Crippen molar-refractivity contribution >= 4 is 5.91 Å². The van der Waals surface area contributed by atoms with Crippen molar-refractivity contribution in [2.24, 2.45) is 0 Å². The van der Waals surface area contributed by atoms with Gasteiger partial charge in [0.25, 0.3) is 5.91 Å². The summed E-state index contributed by atoms with van der Waals surface area (Å²) in [6.45, 7) is 19.6. The van der Waals surface area contributed by atoms with Gasteiger partial charge in [-0.25, -0.2) is 4.39 Å². The highest BCUT2D eigenvalue weighted by Crippen LogP contribution is 2.35. The average Bonchev–Trinajstić information content (AvgIpc) is 2.74. The van der Waals surface area contributed by atoms with Crippen LogP contribution in [-0.4, -0.2) is 47.5 Å². The number of ether oxygens (including phenoxy) is 1. The lowest BCUT2D eigenvalue weighted by Gasteiger charge is -2.44. The normalized spacial score (nSPS) is 19.9. The van der Waals surface area contributed by atoms with Crippen LogP contribution in [0.1, 0.15) is 72.1 Å². The fourth-order valence-corrected chi connectivity index (χ4v) is 4.52. The lowest BCUT2D eigenvalue weighted by atomic mass is 9.80. The molecule has 0 aliphatic carbocycles. The van der Waals surface area contributed by atoms with E-state index in [1.807, 2.05) is 23.1 Å². The predicted molar refractivity (Wildman–Crippen MR) is 137 cm³/mol. The van der Waals surface area contributed by atoms with Gasteiger partial charge in [-0.2, -0.15) is 0 Å². The number of nitrogens with zero attached hydrogens (tertiary/aromatic N) is 2. The maximum atomic E-state index is 13.2. The van der Waals surface area contributed by atoms with Crippen LogP contribution in [0.2, 0.25) is 0 Å². The van der Waals surface area contributed by atoms with Crippen LogP contribution in [0, 0.1) is 5.82 Å². The predicted octanol–water partition coefficient (Wildman–Crippen LogP) is 5.92. The number of hydrogen-bond acceptors (Lipinski definition) is 3. The molecule has 1 saturated heterocycles. The van der Waals surface area contributed by atoms with Crippen molar-refractivity contribution in [3.8, 4) is 5.75 Å². The van der Waals surface area contributed by atoms with E-state index in [0.717, 1.165) is 30.0 Å². The number of halogens is 1. The van der Waals surface area contributed by atoms with Crippen molar-refractivity contribution in [3.05, 3.63) is 65.0 Å². The Morgan fingerprint density at radius 2 is 1.59 bits per heavy atom. The molecular weight excluding hydrogens is 427 g/mol. The topological polar surface area (TPSA) is 32.8 Å². The van der Waals surface area contributed by atoms with E-state index in [-0.39, 0.29) is 41.2 Å². The minimum absolute atomic E-state index is 0.0144. The van der Waals surface area contributed by atoms with E-state index in [0.29, 0.717) is 6.54 Å². The van der Waals surface area contributed by atoms with Gasteiger partial charge in [0.2, 0.25) is 0 Å². The molecule has 1 fully saturated rings. The molecule has 34 heavy (non-hydrogen) atoms. The van der Waals surface area contributed by atoms with Gasteiger partial charge in [0.1, 0.15) is 11.6 Å². The molecule has 5 heteroatoms. The van der Waals surface area contributed by atoms with Crippen molar-refractivity contribution in [2.75, 3.05) is 19.7 Å². The number of carbonyl (C=O) groups excluding carboxylic acids is 1. The Labute approximate surface area is 205 Å². The molecule has 0 N–H and O–H groups in total.